The Labute approximate surface area is 185 Å². The second kappa shape index (κ2) is 7.50. The Morgan fingerprint density at radius 1 is 0.812 bits per heavy atom. The maximum atomic E-state index is 9.10. The predicted molar refractivity (Wildman–Crippen MR) is 125 cm³/mol. The van der Waals surface area contributed by atoms with Gasteiger partial charge in [-0.3, -0.25) is 5.41 Å². The highest BCUT2D eigenvalue weighted by atomic mass is 16.5. The fourth-order valence-electron chi connectivity index (χ4n) is 4.59. The summed E-state index contributed by atoms with van der Waals surface area (Å²) in [7, 11) is 0. The van der Waals surface area contributed by atoms with Crippen LogP contribution in [0.3, 0.4) is 0 Å². The van der Waals surface area contributed by atoms with Crippen LogP contribution in [0.1, 0.15) is 28.2 Å². The van der Waals surface area contributed by atoms with E-state index in [0.29, 0.717) is 17.9 Å². The number of rotatable bonds is 3. The number of benzene rings is 4. The van der Waals surface area contributed by atoms with Gasteiger partial charge in [0.2, 0.25) is 5.88 Å². The maximum absolute atomic E-state index is 9.10. The monoisotopic (exact) mass is 415 g/mol. The van der Waals surface area contributed by atoms with Gasteiger partial charge in [-0.15, -0.1) is 0 Å². The quantitative estimate of drug-likeness (QED) is 0.394. The summed E-state index contributed by atoms with van der Waals surface area (Å²) < 4.78 is 8.27. The van der Waals surface area contributed by atoms with Gasteiger partial charge < -0.3 is 9.30 Å². The summed E-state index contributed by atoms with van der Waals surface area (Å²) in [5.74, 6) is 1.22. The maximum Gasteiger partial charge on any atom is 0.228 e. The molecule has 1 atom stereocenters. The number of ether oxygens (including phenoxy) is 1. The van der Waals surface area contributed by atoms with E-state index in [4.69, 9.17) is 10.1 Å². The minimum absolute atomic E-state index is 0.122. The number of hydrogen-bond donors (Lipinski definition) is 1. The van der Waals surface area contributed by atoms with Crippen molar-refractivity contribution in [1.82, 2.24) is 9.55 Å². The normalized spacial score (nSPS) is 14.4. The molecule has 0 saturated heterocycles. The highest BCUT2D eigenvalue weighted by Gasteiger charge is 2.32. The van der Waals surface area contributed by atoms with Gasteiger partial charge in [0.05, 0.1) is 12.1 Å². The van der Waals surface area contributed by atoms with Crippen LogP contribution >= 0.6 is 0 Å². The Balaban J connectivity index is 1.58. The Bertz CT molecular complexity index is 1490. The third kappa shape index (κ3) is 3.00. The number of hydrogen-bond acceptors (Lipinski definition) is 3. The number of fused-ring (bicyclic) bond motifs is 4. The molecule has 5 aromatic rings. The van der Waals surface area contributed by atoms with E-state index in [9.17, 15) is 0 Å². The minimum atomic E-state index is -0.122. The van der Waals surface area contributed by atoms with Crippen LogP contribution in [0.15, 0.2) is 103 Å². The lowest BCUT2D eigenvalue weighted by Gasteiger charge is -2.29. The molecular formula is C28H21N3O. The van der Waals surface area contributed by atoms with Crippen molar-refractivity contribution >= 4 is 10.8 Å². The van der Waals surface area contributed by atoms with Crippen LogP contribution in [0.2, 0.25) is 0 Å². The molecule has 1 aliphatic rings. The summed E-state index contributed by atoms with van der Waals surface area (Å²) in [6, 6.07) is 33.0. The van der Waals surface area contributed by atoms with Crippen molar-refractivity contribution in [1.29, 1.82) is 5.41 Å². The molecule has 1 N–H and O–H groups in total. The van der Waals surface area contributed by atoms with Gasteiger partial charge in [-0.25, -0.2) is 4.98 Å². The van der Waals surface area contributed by atoms with Crippen molar-refractivity contribution in [3.05, 3.63) is 131 Å². The number of aromatic nitrogens is 2. The average Bonchev–Trinajstić information content (AvgIpc) is 2.86. The second-order valence-electron chi connectivity index (χ2n) is 8.08. The molecule has 32 heavy (non-hydrogen) atoms. The molecule has 0 unspecified atom stereocenters. The number of nitrogens with zero attached hydrogens (tertiary/aromatic N) is 2. The highest BCUT2D eigenvalue weighted by molar-refractivity contribution is 5.91. The molecule has 1 aromatic heterocycles. The molecule has 0 radical (unpaired) electrons. The molecule has 0 saturated carbocycles. The average molecular weight is 415 g/mol. The summed E-state index contributed by atoms with van der Waals surface area (Å²) in [6.45, 7) is 0.589. The Kier molecular flexibility index (Phi) is 4.36. The summed E-state index contributed by atoms with van der Waals surface area (Å²) >= 11 is 0. The van der Waals surface area contributed by atoms with E-state index in [1.807, 2.05) is 53.1 Å². The van der Waals surface area contributed by atoms with Crippen molar-refractivity contribution in [2.75, 3.05) is 0 Å². The van der Waals surface area contributed by atoms with Gasteiger partial charge in [0, 0.05) is 16.9 Å². The van der Waals surface area contributed by atoms with Gasteiger partial charge in [-0.1, -0.05) is 97.1 Å². The standard InChI is InChI=1S/C28H21N3O/c29-27-25-24(21-12-5-2-6-13-21)23-16-15-20-11-7-8-14-22(20)26(23)32-28(25)30-18-31(27)17-19-9-3-1-4-10-19/h1-16,18,24,29H,17H2/t24-/m1/s1. The highest BCUT2D eigenvalue weighted by Crippen LogP contribution is 2.47. The van der Waals surface area contributed by atoms with Crippen molar-refractivity contribution in [2.45, 2.75) is 12.5 Å². The molecule has 0 aliphatic carbocycles. The van der Waals surface area contributed by atoms with Gasteiger partial charge in [-0.2, -0.15) is 0 Å². The first-order chi connectivity index (χ1) is 15.8. The molecular weight excluding hydrogens is 394 g/mol. The fourth-order valence-corrected chi connectivity index (χ4v) is 4.59. The molecule has 6 rings (SSSR count). The van der Waals surface area contributed by atoms with Crippen molar-refractivity contribution in [3.8, 4) is 11.6 Å². The molecule has 0 fully saturated rings. The predicted octanol–water partition coefficient (Wildman–Crippen LogP) is 5.85. The Morgan fingerprint density at radius 3 is 2.34 bits per heavy atom. The van der Waals surface area contributed by atoms with E-state index in [-0.39, 0.29) is 5.92 Å². The van der Waals surface area contributed by atoms with Crippen molar-refractivity contribution in [3.63, 3.8) is 0 Å². The van der Waals surface area contributed by atoms with Crippen molar-refractivity contribution in [2.24, 2.45) is 0 Å². The zero-order valence-corrected chi connectivity index (χ0v) is 17.4. The van der Waals surface area contributed by atoms with E-state index in [0.717, 1.165) is 38.8 Å². The Morgan fingerprint density at radius 2 is 1.53 bits per heavy atom. The van der Waals surface area contributed by atoms with Gasteiger partial charge in [-0.05, 0) is 16.5 Å². The van der Waals surface area contributed by atoms with Crippen LogP contribution in [-0.4, -0.2) is 9.55 Å². The minimum Gasteiger partial charge on any atom is -0.438 e. The largest absolute Gasteiger partial charge is 0.438 e. The molecule has 4 nitrogen and oxygen atoms in total. The van der Waals surface area contributed by atoms with Crippen LogP contribution in [0.4, 0.5) is 0 Å². The Hall–Kier alpha value is -4.18. The van der Waals surface area contributed by atoms with E-state index in [1.54, 1.807) is 6.33 Å². The van der Waals surface area contributed by atoms with Crippen LogP contribution in [0.5, 0.6) is 11.6 Å². The summed E-state index contributed by atoms with van der Waals surface area (Å²) in [4.78, 5) is 4.68. The molecule has 4 aromatic carbocycles. The molecule has 1 aliphatic heterocycles. The molecule has 2 heterocycles. The summed E-state index contributed by atoms with van der Waals surface area (Å²) in [6.07, 6.45) is 1.71. The van der Waals surface area contributed by atoms with E-state index in [1.165, 1.54) is 0 Å². The summed E-state index contributed by atoms with van der Waals surface area (Å²) in [5, 5.41) is 11.3. The van der Waals surface area contributed by atoms with Gasteiger partial charge >= 0.3 is 0 Å². The lowest BCUT2D eigenvalue weighted by molar-refractivity contribution is 0.428. The third-order valence-corrected chi connectivity index (χ3v) is 6.12. The molecule has 0 amide bonds. The SMILES string of the molecule is N=c1c2c(ncn1Cc1ccccc1)Oc1c(ccc3ccccc13)[C@H]2c1ccccc1. The van der Waals surface area contributed by atoms with Crippen LogP contribution in [0.25, 0.3) is 10.8 Å². The first-order valence-corrected chi connectivity index (χ1v) is 10.7. The van der Waals surface area contributed by atoms with Gasteiger partial charge in [0.25, 0.3) is 0 Å². The topological polar surface area (TPSA) is 50.9 Å². The zero-order chi connectivity index (χ0) is 21.5. The van der Waals surface area contributed by atoms with Crippen LogP contribution < -0.4 is 10.2 Å². The fraction of sp³-hybridized carbons (Fsp3) is 0.0714. The third-order valence-electron chi connectivity index (χ3n) is 6.12. The van der Waals surface area contributed by atoms with Crippen LogP contribution in [-0.2, 0) is 6.54 Å². The van der Waals surface area contributed by atoms with Crippen LogP contribution in [0, 0.1) is 5.41 Å². The molecule has 4 heteroatoms. The van der Waals surface area contributed by atoms with Gasteiger partial charge in [0.15, 0.2) is 0 Å². The van der Waals surface area contributed by atoms with E-state index >= 15 is 0 Å². The zero-order valence-electron chi connectivity index (χ0n) is 17.4. The molecule has 0 spiro atoms. The molecule has 154 valence electrons. The first-order valence-electron chi connectivity index (χ1n) is 10.7. The summed E-state index contributed by atoms with van der Waals surface area (Å²) in [5.41, 5.74) is 4.55. The lowest BCUT2D eigenvalue weighted by Crippen LogP contribution is -2.30. The van der Waals surface area contributed by atoms with E-state index < -0.39 is 0 Å². The van der Waals surface area contributed by atoms with E-state index in [2.05, 4.69) is 53.5 Å². The molecule has 0 bridgehead atoms. The second-order valence-corrected chi connectivity index (χ2v) is 8.08. The van der Waals surface area contributed by atoms with Crippen molar-refractivity contribution < 1.29 is 4.74 Å². The number of nitrogens with one attached hydrogen (secondary N) is 1. The smallest absolute Gasteiger partial charge is 0.228 e. The first kappa shape index (κ1) is 18.6. The van der Waals surface area contributed by atoms with Gasteiger partial charge in [0.1, 0.15) is 17.6 Å². The lowest BCUT2D eigenvalue weighted by atomic mass is 9.83.